The highest BCUT2D eigenvalue weighted by Gasteiger charge is 2.33. The quantitative estimate of drug-likeness (QED) is 0.678. The van der Waals surface area contributed by atoms with Crippen LogP contribution < -0.4 is 14.4 Å². The minimum Gasteiger partial charge on any atom is -0.497 e. The van der Waals surface area contributed by atoms with Crippen LogP contribution in [0.1, 0.15) is 18.1 Å². The lowest BCUT2D eigenvalue weighted by Crippen LogP contribution is -2.48. The average Bonchev–Trinajstić information content (AvgIpc) is 2.67. The number of carbonyl (C=O) groups excluding carboxylic acids is 1. The van der Waals surface area contributed by atoms with Crippen LogP contribution in [0, 0.1) is 0 Å². The first kappa shape index (κ1) is 23.5. The molecule has 0 radical (unpaired) electrons. The maximum atomic E-state index is 13.0. The maximum Gasteiger partial charge on any atom is 0.416 e. The van der Waals surface area contributed by atoms with Crippen molar-refractivity contribution in [2.24, 2.45) is 0 Å². The number of halogens is 3. The second-order valence-corrected chi connectivity index (χ2v) is 8.53. The van der Waals surface area contributed by atoms with Gasteiger partial charge in [0.2, 0.25) is 15.9 Å². The number of alkyl halides is 3. The monoisotopic (exact) mass is 444 g/mol. The van der Waals surface area contributed by atoms with Gasteiger partial charge in [-0.25, -0.2) is 8.42 Å². The second-order valence-electron chi connectivity index (χ2n) is 6.67. The number of rotatable bonds is 8. The summed E-state index contributed by atoms with van der Waals surface area (Å²) in [6.45, 7) is 1.56. The van der Waals surface area contributed by atoms with Gasteiger partial charge in [-0.3, -0.25) is 9.10 Å². The van der Waals surface area contributed by atoms with Crippen molar-refractivity contribution in [2.45, 2.75) is 25.6 Å². The van der Waals surface area contributed by atoms with Gasteiger partial charge in [0, 0.05) is 6.54 Å². The first-order valence-corrected chi connectivity index (χ1v) is 10.9. The summed E-state index contributed by atoms with van der Waals surface area (Å²) < 4.78 is 69.3. The van der Waals surface area contributed by atoms with Gasteiger partial charge < -0.3 is 10.1 Å². The molecule has 2 aromatic carbocycles. The number of nitrogens with zero attached hydrogens (tertiary/aromatic N) is 1. The van der Waals surface area contributed by atoms with Crippen molar-refractivity contribution in [3.63, 3.8) is 0 Å². The van der Waals surface area contributed by atoms with E-state index in [-0.39, 0.29) is 12.2 Å². The molecule has 1 N–H and O–H groups in total. The zero-order valence-electron chi connectivity index (χ0n) is 16.7. The molecule has 0 aliphatic rings. The van der Waals surface area contributed by atoms with Crippen molar-refractivity contribution in [1.82, 2.24) is 5.32 Å². The van der Waals surface area contributed by atoms with Gasteiger partial charge in [0.05, 0.1) is 24.6 Å². The molecular formula is C20H23F3N2O4S. The third kappa shape index (κ3) is 6.12. The van der Waals surface area contributed by atoms with Crippen molar-refractivity contribution in [2.75, 3.05) is 24.2 Å². The Morgan fingerprint density at radius 3 is 2.33 bits per heavy atom. The molecule has 2 rings (SSSR count). The summed E-state index contributed by atoms with van der Waals surface area (Å²) in [5, 5.41) is 2.63. The lowest BCUT2D eigenvalue weighted by atomic mass is 10.1. The van der Waals surface area contributed by atoms with Gasteiger partial charge >= 0.3 is 6.18 Å². The lowest BCUT2D eigenvalue weighted by molar-refractivity contribution is -0.137. The Kier molecular flexibility index (Phi) is 7.35. The first-order chi connectivity index (χ1) is 13.9. The Bertz CT molecular complexity index is 976. The zero-order valence-corrected chi connectivity index (χ0v) is 17.5. The van der Waals surface area contributed by atoms with Crippen LogP contribution in [0.2, 0.25) is 0 Å². The van der Waals surface area contributed by atoms with E-state index in [1.165, 1.54) is 13.0 Å². The number of hydrogen-bond donors (Lipinski definition) is 1. The van der Waals surface area contributed by atoms with Crippen molar-refractivity contribution >= 4 is 21.6 Å². The highest BCUT2D eigenvalue weighted by Crippen LogP contribution is 2.32. The van der Waals surface area contributed by atoms with E-state index in [1.807, 2.05) is 12.1 Å². The molecular weight excluding hydrogens is 421 g/mol. The zero-order chi connectivity index (χ0) is 22.5. The molecule has 10 heteroatoms. The fourth-order valence-electron chi connectivity index (χ4n) is 2.90. The van der Waals surface area contributed by atoms with Crippen LogP contribution in [0.3, 0.4) is 0 Å². The number of nitrogens with one attached hydrogen (secondary N) is 1. The van der Waals surface area contributed by atoms with Crippen LogP contribution in [0.15, 0.2) is 48.5 Å². The highest BCUT2D eigenvalue weighted by molar-refractivity contribution is 7.92. The van der Waals surface area contributed by atoms with Crippen LogP contribution in [0.4, 0.5) is 18.9 Å². The van der Waals surface area contributed by atoms with Crippen molar-refractivity contribution in [3.8, 4) is 5.75 Å². The summed E-state index contributed by atoms with van der Waals surface area (Å²) in [7, 11) is -2.47. The van der Waals surface area contributed by atoms with Crippen molar-refractivity contribution in [1.29, 1.82) is 0 Å². The minimum atomic E-state index is -4.64. The number of benzene rings is 2. The third-order valence-corrected chi connectivity index (χ3v) is 5.63. The standard InChI is InChI=1S/C20H23F3N2O4S/c1-14(19(26)24-12-11-15-7-9-18(29-2)10-8-15)25(30(3,27)28)17-6-4-5-16(13-17)20(21,22)23/h4-10,13-14H,11-12H2,1-3H3,(H,24,26)/t14-/m0/s1. The van der Waals surface area contributed by atoms with Gasteiger partial charge in [0.25, 0.3) is 0 Å². The summed E-state index contributed by atoms with van der Waals surface area (Å²) in [6, 6.07) is 9.85. The molecule has 0 aromatic heterocycles. The average molecular weight is 444 g/mol. The Balaban J connectivity index is 2.13. The fourth-order valence-corrected chi connectivity index (χ4v) is 4.06. The predicted molar refractivity (Wildman–Crippen MR) is 108 cm³/mol. The SMILES string of the molecule is COc1ccc(CCNC(=O)[C@H](C)N(c2cccc(C(F)(F)F)c2)S(C)(=O)=O)cc1. The molecule has 30 heavy (non-hydrogen) atoms. The summed E-state index contributed by atoms with van der Waals surface area (Å²) in [5.41, 5.74) is -0.299. The minimum absolute atomic E-state index is 0.231. The van der Waals surface area contributed by atoms with E-state index in [1.54, 1.807) is 19.2 Å². The molecule has 0 aliphatic carbocycles. The van der Waals surface area contributed by atoms with E-state index in [0.717, 1.165) is 24.0 Å². The second kappa shape index (κ2) is 9.38. The molecule has 6 nitrogen and oxygen atoms in total. The predicted octanol–water partition coefficient (Wildman–Crippen LogP) is 3.23. The van der Waals surface area contributed by atoms with Crippen molar-refractivity contribution < 1.29 is 31.1 Å². The Morgan fingerprint density at radius 1 is 1.17 bits per heavy atom. The molecule has 0 saturated carbocycles. The third-order valence-electron chi connectivity index (χ3n) is 4.39. The number of anilines is 1. The van der Waals surface area contributed by atoms with Gasteiger partial charge in [-0.2, -0.15) is 13.2 Å². The molecule has 1 atom stereocenters. The van der Waals surface area contributed by atoms with Crippen LogP contribution >= 0.6 is 0 Å². The molecule has 164 valence electrons. The Hall–Kier alpha value is -2.75. The van der Waals surface area contributed by atoms with Crippen molar-refractivity contribution in [3.05, 3.63) is 59.7 Å². The normalized spacial score (nSPS) is 12.9. The van der Waals surface area contributed by atoms with Crippen LogP contribution in [0.5, 0.6) is 5.75 Å². The number of amides is 1. The van der Waals surface area contributed by atoms with Gasteiger partial charge in [0.1, 0.15) is 11.8 Å². The fraction of sp³-hybridized carbons (Fsp3) is 0.350. The molecule has 2 aromatic rings. The molecule has 1 amide bonds. The lowest BCUT2D eigenvalue weighted by Gasteiger charge is -2.28. The first-order valence-electron chi connectivity index (χ1n) is 9.01. The van der Waals surface area contributed by atoms with E-state index in [4.69, 9.17) is 4.74 Å². The summed E-state index contributed by atoms with van der Waals surface area (Å²) in [5.74, 6) is 0.0765. The van der Waals surface area contributed by atoms with Gasteiger partial charge in [-0.05, 0) is 49.2 Å². The van der Waals surface area contributed by atoms with E-state index < -0.39 is 33.7 Å². The highest BCUT2D eigenvalue weighted by atomic mass is 32.2. The van der Waals surface area contributed by atoms with Crippen LogP contribution in [-0.4, -0.2) is 40.3 Å². The summed E-state index contributed by atoms with van der Waals surface area (Å²) in [6.07, 6.45) is -3.30. The van der Waals surface area contributed by atoms with Crippen LogP contribution in [0.25, 0.3) is 0 Å². The van der Waals surface area contributed by atoms with E-state index in [2.05, 4.69) is 5.32 Å². The number of sulfonamides is 1. The maximum absolute atomic E-state index is 13.0. The smallest absolute Gasteiger partial charge is 0.416 e. The molecule has 0 bridgehead atoms. The van der Waals surface area contributed by atoms with Gasteiger partial charge in [0.15, 0.2) is 0 Å². The largest absolute Gasteiger partial charge is 0.497 e. The summed E-state index contributed by atoms with van der Waals surface area (Å²) in [4.78, 5) is 12.5. The number of hydrogen-bond acceptors (Lipinski definition) is 4. The van der Waals surface area contributed by atoms with E-state index in [9.17, 15) is 26.4 Å². The molecule has 0 unspecified atom stereocenters. The number of methoxy groups -OCH3 is 1. The number of carbonyl (C=O) groups is 1. The van der Waals surface area contributed by atoms with Crippen LogP contribution in [-0.2, 0) is 27.4 Å². The molecule has 0 saturated heterocycles. The van der Waals surface area contributed by atoms with E-state index >= 15 is 0 Å². The topological polar surface area (TPSA) is 75.7 Å². The molecule has 0 aliphatic heterocycles. The molecule has 0 fully saturated rings. The Morgan fingerprint density at radius 2 is 1.80 bits per heavy atom. The molecule has 0 heterocycles. The van der Waals surface area contributed by atoms with Gasteiger partial charge in [-0.1, -0.05) is 18.2 Å². The van der Waals surface area contributed by atoms with E-state index in [0.29, 0.717) is 22.5 Å². The number of ether oxygens (including phenoxy) is 1. The summed E-state index contributed by atoms with van der Waals surface area (Å²) >= 11 is 0. The Labute approximate surface area is 173 Å². The van der Waals surface area contributed by atoms with Gasteiger partial charge in [-0.15, -0.1) is 0 Å². The molecule has 0 spiro atoms.